The Kier molecular flexibility index (Phi) is 124. The second kappa shape index (κ2) is 81.1. The van der Waals surface area contributed by atoms with Crippen LogP contribution < -0.4 is 0 Å². The molecule has 1 atom stereocenters. The molecule has 0 bridgehead atoms. The molecule has 51 heavy (non-hydrogen) atoms. The summed E-state index contributed by atoms with van der Waals surface area (Å²) in [4.78, 5) is 30.8. The molecule has 0 aliphatic heterocycles. The molecule has 0 amide bonds. The van der Waals surface area contributed by atoms with E-state index in [2.05, 4.69) is 204 Å². The smallest absolute Gasteiger partial charge is 0.145 e. The van der Waals surface area contributed by atoms with Gasteiger partial charge in [-0.2, -0.15) is 0 Å². The van der Waals surface area contributed by atoms with Gasteiger partial charge in [-0.25, -0.2) is 0 Å². The maximum absolute atomic E-state index is 10.0. The second-order valence-electron chi connectivity index (χ2n) is 12.1. The van der Waals surface area contributed by atoms with Crippen molar-refractivity contribution in [3.63, 3.8) is 0 Å². The van der Waals surface area contributed by atoms with E-state index in [-0.39, 0.29) is 6.61 Å². The van der Waals surface area contributed by atoms with Crippen LogP contribution in [0.1, 0.15) is 149 Å². The van der Waals surface area contributed by atoms with E-state index in [0.717, 1.165) is 57.1 Å². The highest BCUT2D eigenvalue weighted by Gasteiger charge is 2.00. The van der Waals surface area contributed by atoms with E-state index in [1.165, 1.54) is 13.3 Å². The zero-order chi connectivity index (χ0) is 43.2. The summed E-state index contributed by atoms with van der Waals surface area (Å²) in [5, 5.41) is 17.2. The van der Waals surface area contributed by atoms with Crippen LogP contribution in [0.25, 0.3) is 0 Å². The molecule has 316 valence electrons. The molecule has 5 nitrogen and oxygen atoms in total. The topological polar surface area (TPSA) is 91.7 Å². The summed E-state index contributed by atoms with van der Waals surface area (Å²) < 4.78 is 3.18. The molecule has 11 heteroatoms. The minimum atomic E-state index is 0.201. The maximum Gasteiger partial charge on any atom is 0.145 e. The molecular weight excluding hydrogens is 1320 g/mol. The van der Waals surface area contributed by atoms with Crippen molar-refractivity contribution in [3.05, 3.63) is 23.3 Å². The SMILES string of the molecule is C/C(=C\CC(C)C)CO.C/C(C=O)=C\CC(C)C.CC.CC(C)CC=O.CC(C)CCC(C)CO.CC(I)I.CCC=O.CCI.CI.ICI. The zero-order valence-corrected chi connectivity index (χ0v) is 48.8. The second-order valence-corrected chi connectivity index (χ2v) is 24.1. The lowest BCUT2D eigenvalue weighted by Gasteiger charge is -2.08. The fourth-order valence-corrected chi connectivity index (χ4v) is 1.87. The van der Waals surface area contributed by atoms with E-state index in [9.17, 15) is 14.4 Å². The molecule has 0 radical (unpaired) electrons. The third-order valence-electron chi connectivity index (χ3n) is 4.57. The van der Waals surface area contributed by atoms with E-state index >= 15 is 0 Å². The average molecular weight is 1410 g/mol. The highest BCUT2D eigenvalue weighted by molar-refractivity contribution is 14.2. The molecule has 1 unspecified atom stereocenters. The zero-order valence-electron chi connectivity index (χ0n) is 35.8. The van der Waals surface area contributed by atoms with Gasteiger partial charge in [-0.3, -0.25) is 4.79 Å². The number of aliphatic hydroxyl groups is 2. The number of hydrogen-bond donors (Lipinski definition) is 2. The van der Waals surface area contributed by atoms with Gasteiger partial charge in [0.05, 0.1) is 11.0 Å². The number of allylic oxidation sites excluding steroid dienone is 3. The molecule has 0 aliphatic carbocycles. The Balaban J connectivity index is -0.0000000479. The van der Waals surface area contributed by atoms with Gasteiger partial charge in [-0.15, -0.1) is 0 Å². The van der Waals surface area contributed by atoms with Crippen molar-refractivity contribution in [2.75, 3.05) is 25.0 Å². The molecule has 0 aliphatic rings. The van der Waals surface area contributed by atoms with E-state index < -0.39 is 0 Å². The van der Waals surface area contributed by atoms with Crippen molar-refractivity contribution in [2.24, 2.45) is 29.6 Å². The minimum absolute atomic E-state index is 0.201. The highest BCUT2D eigenvalue weighted by Crippen LogP contribution is 2.10. The number of halogens is 6. The van der Waals surface area contributed by atoms with E-state index in [1.807, 2.05) is 59.5 Å². The first-order valence-electron chi connectivity index (χ1n) is 17.9. The summed E-state index contributed by atoms with van der Waals surface area (Å²) in [5.74, 6) is 3.15. The molecule has 0 saturated carbocycles. The van der Waals surface area contributed by atoms with Crippen LogP contribution in [0.3, 0.4) is 0 Å². The Bertz CT molecular complexity index is 624. The van der Waals surface area contributed by atoms with Crippen LogP contribution in [0.15, 0.2) is 23.3 Å². The first-order chi connectivity index (χ1) is 23.7. The van der Waals surface area contributed by atoms with Gasteiger partial charge in [0.2, 0.25) is 0 Å². The number of rotatable bonds is 13. The molecule has 0 fully saturated rings. The van der Waals surface area contributed by atoms with Crippen LogP contribution in [-0.2, 0) is 14.4 Å². The molecule has 0 aromatic heterocycles. The standard InChI is InChI=1S/C8H18O.C8H16O.C8H14O.C5H10O.C3H6O.C2H4I2.C2H5I.C2H6.CH2I2.CH3I/c3*1-7(2)4-5-8(3)6-9;1-5(2)3-4-6;1-2-3-4;1-2(3)4;1-2-3;1-2;2-1-3;1-2/h7-9H,4-6H2,1-3H3;5,7,9H,4,6H2,1-3H3;5-7H,4H2,1-3H3;4-5H,3H2,1-2H3;3H,2H2,1H3;2H,1H3;2H2,1H3;1-2H3;1H2;1H3/b;2*8-5+;;;;;;;. The largest absolute Gasteiger partial charge is 0.396 e. The van der Waals surface area contributed by atoms with Crippen molar-refractivity contribution in [3.8, 4) is 0 Å². The average Bonchev–Trinajstić information content (AvgIpc) is 3.08. The number of aliphatic hydroxyl groups excluding tert-OH is 2. The van der Waals surface area contributed by atoms with E-state index in [0.29, 0.717) is 43.1 Å². The van der Waals surface area contributed by atoms with Crippen LogP contribution >= 0.6 is 136 Å². The third-order valence-corrected chi connectivity index (χ3v) is 4.57. The summed E-state index contributed by atoms with van der Waals surface area (Å²) in [6.45, 7) is 33.5. The molecule has 0 saturated heterocycles. The quantitative estimate of drug-likeness (QED) is 0.0630. The number of hydrogen-bond acceptors (Lipinski definition) is 5. The van der Waals surface area contributed by atoms with Gasteiger partial charge < -0.3 is 19.8 Å². The summed E-state index contributed by atoms with van der Waals surface area (Å²) in [6, 6.07) is 0. The lowest BCUT2D eigenvalue weighted by atomic mass is 10.0. The third kappa shape index (κ3) is 176. The van der Waals surface area contributed by atoms with Crippen molar-refractivity contribution in [2.45, 2.75) is 151 Å². The Morgan fingerprint density at radius 2 is 0.941 bits per heavy atom. The first-order valence-corrected chi connectivity index (χ1v) is 27.2. The van der Waals surface area contributed by atoms with E-state index in [4.69, 9.17) is 10.2 Å². The normalized spacial score (nSPS) is 10.2. The van der Waals surface area contributed by atoms with Crippen molar-refractivity contribution < 1.29 is 24.6 Å². The van der Waals surface area contributed by atoms with Crippen LogP contribution in [0.2, 0.25) is 0 Å². The lowest BCUT2D eigenvalue weighted by Crippen LogP contribution is -2.01. The molecule has 0 heterocycles. The van der Waals surface area contributed by atoms with Crippen molar-refractivity contribution in [1.29, 1.82) is 0 Å². The van der Waals surface area contributed by atoms with Crippen molar-refractivity contribution >= 4 is 154 Å². The number of aldehydes is 3. The van der Waals surface area contributed by atoms with Gasteiger partial charge in [-0.1, -0.05) is 250 Å². The Hall–Kier alpha value is 2.79. The Morgan fingerprint density at radius 1 is 0.627 bits per heavy atom. The summed E-state index contributed by atoms with van der Waals surface area (Å²) >= 11 is 13.6. The molecule has 0 spiro atoms. The molecule has 0 rings (SSSR count). The molecule has 0 aromatic carbocycles. The lowest BCUT2D eigenvalue weighted by molar-refractivity contribution is -0.108. The van der Waals surface area contributed by atoms with Crippen LogP contribution in [-0.4, -0.2) is 56.0 Å². The predicted molar refractivity (Wildman–Crippen MR) is 288 cm³/mol. The summed E-state index contributed by atoms with van der Waals surface area (Å²) in [6.07, 6.45) is 12.6. The van der Waals surface area contributed by atoms with E-state index in [1.54, 1.807) is 0 Å². The van der Waals surface area contributed by atoms with Gasteiger partial charge in [-0.05, 0) is 84.6 Å². The van der Waals surface area contributed by atoms with Gasteiger partial charge in [0.1, 0.15) is 18.9 Å². The van der Waals surface area contributed by atoms with Crippen LogP contribution in [0.4, 0.5) is 0 Å². The van der Waals surface area contributed by atoms with Gasteiger partial charge in [0.15, 0.2) is 0 Å². The molecule has 2 N–H and O–H groups in total. The van der Waals surface area contributed by atoms with Crippen LogP contribution in [0, 0.1) is 29.6 Å². The number of carbonyl (C=O) groups excluding carboxylic acids is 3. The first kappa shape index (κ1) is 78.2. The van der Waals surface area contributed by atoms with Crippen LogP contribution in [0.5, 0.6) is 0 Å². The number of alkyl halides is 6. The van der Waals surface area contributed by atoms with Crippen molar-refractivity contribution in [1.82, 2.24) is 0 Å². The summed E-state index contributed by atoms with van der Waals surface area (Å²) in [5.41, 5.74) is 1.91. The van der Waals surface area contributed by atoms with Gasteiger partial charge >= 0.3 is 0 Å². The Labute approximate surface area is 402 Å². The molecule has 0 aromatic rings. The predicted octanol–water partition coefficient (Wildman–Crippen LogP) is 15.6. The molecular formula is C40H84I6O5. The summed E-state index contributed by atoms with van der Waals surface area (Å²) in [7, 11) is 0. The van der Waals surface area contributed by atoms with Gasteiger partial charge in [0.25, 0.3) is 0 Å². The fraction of sp³-hybridized carbons (Fsp3) is 0.825. The maximum atomic E-state index is 10.0. The Morgan fingerprint density at radius 3 is 1.12 bits per heavy atom. The minimum Gasteiger partial charge on any atom is -0.396 e. The highest BCUT2D eigenvalue weighted by atomic mass is 127. The fourth-order valence-electron chi connectivity index (χ4n) is 1.87. The van der Waals surface area contributed by atoms with Gasteiger partial charge in [0, 0.05) is 19.4 Å². The number of carbonyl (C=O) groups is 3. The monoisotopic (exact) mass is 1410 g/mol.